The van der Waals surface area contributed by atoms with E-state index in [0.29, 0.717) is 4.91 Å². The monoisotopic (exact) mass is 394 g/mol. The molecule has 0 bridgehead atoms. The summed E-state index contributed by atoms with van der Waals surface area (Å²) in [5.74, 6) is -0.0951. The zero-order valence-corrected chi connectivity index (χ0v) is 16.7. The quantitative estimate of drug-likeness (QED) is 0.803. The summed E-state index contributed by atoms with van der Waals surface area (Å²) in [4.78, 5) is 32.7. The zero-order valence-electron chi connectivity index (χ0n) is 15.9. The fraction of sp³-hybridized carbons (Fsp3) is 0.273. The van der Waals surface area contributed by atoms with Gasteiger partial charge in [0, 0.05) is 4.90 Å². The van der Waals surface area contributed by atoms with E-state index >= 15 is 0 Å². The molecule has 2 amide bonds. The van der Waals surface area contributed by atoms with Crippen molar-refractivity contribution >= 4 is 35.3 Å². The Morgan fingerprint density at radius 1 is 1.07 bits per heavy atom. The van der Waals surface area contributed by atoms with Gasteiger partial charge in [-0.05, 0) is 23.8 Å². The minimum atomic E-state index is -0.111. The Morgan fingerprint density at radius 2 is 1.75 bits per heavy atom. The van der Waals surface area contributed by atoms with E-state index in [2.05, 4.69) is 7.05 Å². The lowest BCUT2D eigenvalue weighted by Gasteiger charge is -2.34. The molecule has 28 heavy (non-hydrogen) atoms. The highest BCUT2D eigenvalue weighted by atomic mass is 32.2. The number of hydrogen-bond acceptors (Lipinski definition) is 3. The number of benzene rings is 2. The highest BCUT2D eigenvalue weighted by molar-refractivity contribution is 8.04. The van der Waals surface area contributed by atoms with Crippen molar-refractivity contribution in [3.05, 3.63) is 65.1 Å². The number of thioether (sulfide) groups is 1. The number of para-hydroxylation sites is 1. The van der Waals surface area contributed by atoms with Crippen LogP contribution in [0.25, 0.3) is 6.08 Å². The molecule has 0 saturated carbocycles. The van der Waals surface area contributed by atoms with Crippen molar-refractivity contribution in [1.29, 1.82) is 0 Å². The first-order valence-electron chi connectivity index (χ1n) is 9.56. The molecule has 2 aliphatic rings. The molecule has 144 valence electrons. The highest BCUT2D eigenvalue weighted by Crippen LogP contribution is 2.41. The van der Waals surface area contributed by atoms with Crippen molar-refractivity contribution in [2.75, 3.05) is 44.7 Å². The molecular weight excluding hydrogens is 370 g/mol. The molecular formula is C22H24N3O2S+. The van der Waals surface area contributed by atoms with Crippen LogP contribution in [0.4, 0.5) is 5.69 Å². The number of nitrogens with zero attached hydrogens (tertiary/aromatic N) is 2. The Bertz CT molecular complexity index is 905. The molecule has 2 aromatic carbocycles. The van der Waals surface area contributed by atoms with Crippen LogP contribution in [0.2, 0.25) is 0 Å². The number of fused-ring (bicyclic) bond motifs is 1. The van der Waals surface area contributed by atoms with Gasteiger partial charge in [0.2, 0.25) is 5.91 Å². The second-order valence-electron chi connectivity index (χ2n) is 7.22. The standard InChI is InChI=1S/C22H23N3O2S/c1-23-11-13-24(14-12-23)21(26)16-25-18-9-5-6-10-19(18)28-20(22(25)27)15-17-7-3-2-4-8-17/h2-10,15H,11-14,16H2,1H3/p+1. The molecule has 1 saturated heterocycles. The molecule has 0 atom stereocenters. The van der Waals surface area contributed by atoms with Gasteiger partial charge in [0.15, 0.2) is 0 Å². The van der Waals surface area contributed by atoms with Crippen LogP contribution in [-0.2, 0) is 9.59 Å². The third-order valence-corrected chi connectivity index (χ3v) is 6.27. The molecule has 0 spiro atoms. The number of carbonyl (C=O) groups is 2. The molecule has 4 rings (SSSR count). The Morgan fingerprint density at radius 3 is 2.50 bits per heavy atom. The molecule has 0 aromatic heterocycles. The van der Waals surface area contributed by atoms with Crippen molar-refractivity contribution in [2.24, 2.45) is 0 Å². The highest BCUT2D eigenvalue weighted by Gasteiger charge is 2.32. The first kappa shape index (κ1) is 18.8. The van der Waals surface area contributed by atoms with Crippen LogP contribution < -0.4 is 9.80 Å². The minimum Gasteiger partial charge on any atom is -0.334 e. The third kappa shape index (κ3) is 3.98. The Kier molecular flexibility index (Phi) is 5.50. The van der Waals surface area contributed by atoms with Gasteiger partial charge >= 0.3 is 0 Å². The smallest absolute Gasteiger partial charge is 0.265 e. The lowest BCUT2D eigenvalue weighted by molar-refractivity contribution is -0.883. The summed E-state index contributed by atoms with van der Waals surface area (Å²) >= 11 is 1.47. The van der Waals surface area contributed by atoms with Crippen LogP contribution in [-0.4, -0.2) is 56.5 Å². The maximum Gasteiger partial charge on any atom is 0.265 e. The van der Waals surface area contributed by atoms with Gasteiger partial charge in [-0.2, -0.15) is 0 Å². The number of hydrogen-bond donors (Lipinski definition) is 1. The van der Waals surface area contributed by atoms with Crippen molar-refractivity contribution < 1.29 is 14.5 Å². The van der Waals surface area contributed by atoms with Crippen LogP contribution >= 0.6 is 11.8 Å². The average Bonchev–Trinajstić information content (AvgIpc) is 2.72. The number of rotatable bonds is 3. The van der Waals surface area contributed by atoms with Crippen molar-refractivity contribution in [2.45, 2.75) is 4.90 Å². The molecule has 2 aliphatic heterocycles. The molecule has 0 aliphatic carbocycles. The lowest BCUT2D eigenvalue weighted by Crippen LogP contribution is -3.12. The van der Waals surface area contributed by atoms with Crippen LogP contribution in [0.15, 0.2) is 64.4 Å². The fourth-order valence-corrected chi connectivity index (χ4v) is 4.55. The summed E-state index contributed by atoms with van der Waals surface area (Å²) in [5, 5.41) is 0. The lowest BCUT2D eigenvalue weighted by atomic mass is 10.2. The summed E-state index contributed by atoms with van der Waals surface area (Å²) < 4.78 is 0. The number of quaternary nitrogens is 1. The maximum absolute atomic E-state index is 13.2. The van der Waals surface area contributed by atoms with Crippen LogP contribution in [0.3, 0.4) is 0 Å². The van der Waals surface area contributed by atoms with Crippen LogP contribution in [0.5, 0.6) is 0 Å². The number of nitrogens with one attached hydrogen (secondary N) is 1. The first-order valence-corrected chi connectivity index (χ1v) is 10.4. The van der Waals surface area contributed by atoms with E-state index in [-0.39, 0.29) is 18.4 Å². The van der Waals surface area contributed by atoms with E-state index in [1.807, 2.05) is 65.6 Å². The zero-order chi connectivity index (χ0) is 19.5. The van der Waals surface area contributed by atoms with Gasteiger partial charge < -0.3 is 9.80 Å². The minimum absolute atomic E-state index is 0.0154. The van der Waals surface area contributed by atoms with Gasteiger partial charge in [-0.25, -0.2) is 0 Å². The molecule has 2 aromatic rings. The van der Waals surface area contributed by atoms with Gasteiger partial charge in [-0.1, -0.05) is 54.2 Å². The first-order chi connectivity index (χ1) is 13.6. The molecule has 2 heterocycles. The van der Waals surface area contributed by atoms with E-state index in [0.717, 1.165) is 42.3 Å². The average molecular weight is 395 g/mol. The predicted molar refractivity (Wildman–Crippen MR) is 112 cm³/mol. The van der Waals surface area contributed by atoms with E-state index < -0.39 is 0 Å². The summed E-state index contributed by atoms with van der Waals surface area (Å²) in [6.45, 7) is 3.48. The largest absolute Gasteiger partial charge is 0.334 e. The van der Waals surface area contributed by atoms with Gasteiger partial charge in [0.1, 0.15) is 6.54 Å². The maximum atomic E-state index is 13.2. The molecule has 0 unspecified atom stereocenters. The SMILES string of the molecule is C[NH+]1CCN(C(=O)CN2C(=O)C(=Cc3ccccc3)Sc3ccccc32)CC1. The summed E-state index contributed by atoms with van der Waals surface area (Å²) in [6.07, 6.45) is 1.90. The van der Waals surface area contributed by atoms with Crippen molar-refractivity contribution in [3.8, 4) is 0 Å². The molecule has 1 fully saturated rings. The summed E-state index contributed by atoms with van der Waals surface area (Å²) in [5.41, 5.74) is 1.79. The summed E-state index contributed by atoms with van der Waals surface area (Å²) in [7, 11) is 2.14. The summed E-state index contributed by atoms with van der Waals surface area (Å²) in [6, 6.07) is 17.6. The predicted octanol–water partition coefficient (Wildman–Crippen LogP) is 1.52. The normalized spacial score (nSPS) is 19.0. The van der Waals surface area contributed by atoms with Crippen LogP contribution in [0.1, 0.15) is 5.56 Å². The van der Waals surface area contributed by atoms with E-state index in [4.69, 9.17) is 0 Å². The van der Waals surface area contributed by atoms with E-state index in [1.54, 1.807) is 4.90 Å². The number of carbonyl (C=O) groups excluding carboxylic acids is 2. The Hall–Kier alpha value is -2.57. The molecule has 6 heteroatoms. The molecule has 5 nitrogen and oxygen atoms in total. The Labute approximate surface area is 169 Å². The van der Waals surface area contributed by atoms with Gasteiger partial charge in [-0.15, -0.1) is 0 Å². The van der Waals surface area contributed by atoms with Crippen molar-refractivity contribution in [1.82, 2.24) is 4.90 Å². The second kappa shape index (κ2) is 8.20. The number of amides is 2. The van der Waals surface area contributed by atoms with Gasteiger partial charge in [0.05, 0.1) is 43.8 Å². The van der Waals surface area contributed by atoms with Gasteiger partial charge in [-0.3, -0.25) is 14.5 Å². The number of anilines is 1. The second-order valence-corrected chi connectivity index (χ2v) is 8.30. The van der Waals surface area contributed by atoms with Gasteiger partial charge in [0.25, 0.3) is 5.91 Å². The van der Waals surface area contributed by atoms with E-state index in [1.165, 1.54) is 16.7 Å². The van der Waals surface area contributed by atoms with Crippen LogP contribution in [0, 0.1) is 0 Å². The number of piperazine rings is 1. The fourth-order valence-electron chi connectivity index (χ4n) is 3.49. The molecule has 0 radical (unpaired) electrons. The number of likely N-dealkylation sites (N-methyl/N-ethyl adjacent to an activating group) is 1. The molecule has 1 N–H and O–H groups in total. The Balaban J connectivity index is 1.60. The van der Waals surface area contributed by atoms with Crippen molar-refractivity contribution in [3.63, 3.8) is 0 Å². The topological polar surface area (TPSA) is 45.1 Å². The third-order valence-electron chi connectivity index (χ3n) is 5.19. The van der Waals surface area contributed by atoms with E-state index in [9.17, 15) is 9.59 Å².